The summed E-state index contributed by atoms with van der Waals surface area (Å²) in [6.07, 6.45) is 7.26. The van der Waals surface area contributed by atoms with Crippen molar-refractivity contribution in [1.82, 2.24) is 19.7 Å². The molecule has 1 spiro atoms. The van der Waals surface area contributed by atoms with Gasteiger partial charge in [0.05, 0.1) is 24.3 Å². The fourth-order valence-electron chi connectivity index (χ4n) is 5.07. The molecule has 2 aliphatic rings. The summed E-state index contributed by atoms with van der Waals surface area (Å²) in [5.74, 6) is -0.113. The van der Waals surface area contributed by atoms with Gasteiger partial charge in [-0.25, -0.2) is 0 Å². The SMILES string of the molecule is CCOC(=O)CC(C)NC(=S)N1CCC2(CCN(C(=O)c3ccccc3-n3cccc3)CC2)C1. The third-order valence-electron chi connectivity index (χ3n) is 7.00. The number of aromatic nitrogens is 1. The van der Waals surface area contributed by atoms with Crippen molar-refractivity contribution in [3.8, 4) is 5.69 Å². The molecule has 34 heavy (non-hydrogen) atoms. The van der Waals surface area contributed by atoms with Gasteiger partial charge in [0, 0.05) is 44.6 Å². The van der Waals surface area contributed by atoms with Crippen molar-refractivity contribution >= 4 is 29.2 Å². The van der Waals surface area contributed by atoms with Crippen LogP contribution in [0.25, 0.3) is 5.69 Å². The summed E-state index contributed by atoms with van der Waals surface area (Å²) in [4.78, 5) is 29.3. The zero-order valence-electron chi connectivity index (χ0n) is 20.0. The summed E-state index contributed by atoms with van der Waals surface area (Å²) in [6.45, 7) is 7.46. The van der Waals surface area contributed by atoms with Gasteiger partial charge in [0.25, 0.3) is 5.91 Å². The highest BCUT2D eigenvalue weighted by Crippen LogP contribution is 2.40. The molecule has 8 heteroatoms. The minimum Gasteiger partial charge on any atom is -0.466 e. The van der Waals surface area contributed by atoms with Crippen LogP contribution < -0.4 is 5.32 Å². The molecule has 7 nitrogen and oxygen atoms in total. The average Bonchev–Trinajstić information content (AvgIpc) is 3.50. The molecule has 182 valence electrons. The standard InChI is InChI=1S/C26H34N4O3S/c1-3-33-23(31)18-20(2)27-25(34)30-17-12-26(19-30)10-15-29(16-11-26)24(32)21-8-4-5-9-22(21)28-13-6-7-14-28/h4-9,13-14,20H,3,10-12,15-19H2,1-2H3,(H,27,34). The van der Waals surface area contributed by atoms with E-state index in [2.05, 4.69) is 10.2 Å². The van der Waals surface area contributed by atoms with Gasteiger partial charge >= 0.3 is 5.97 Å². The lowest BCUT2D eigenvalue weighted by molar-refractivity contribution is -0.143. The van der Waals surface area contributed by atoms with Crippen LogP contribution in [0.4, 0.5) is 0 Å². The lowest BCUT2D eigenvalue weighted by atomic mass is 9.77. The number of amides is 1. The molecule has 0 bridgehead atoms. The monoisotopic (exact) mass is 482 g/mol. The molecule has 1 N–H and O–H groups in total. The van der Waals surface area contributed by atoms with Crippen LogP contribution in [0.5, 0.6) is 0 Å². The van der Waals surface area contributed by atoms with Crippen LogP contribution in [0.15, 0.2) is 48.8 Å². The first-order valence-corrected chi connectivity index (χ1v) is 12.5. The Kier molecular flexibility index (Phi) is 7.56. The van der Waals surface area contributed by atoms with Gasteiger partial charge in [-0.1, -0.05) is 12.1 Å². The lowest BCUT2D eigenvalue weighted by Crippen LogP contribution is -2.47. The van der Waals surface area contributed by atoms with Crippen LogP contribution in [-0.4, -0.2) is 70.2 Å². The number of piperidine rings is 1. The maximum atomic E-state index is 13.4. The lowest BCUT2D eigenvalue weighted by Gasteiger charge is -2.39. The zero-order valence-corrected chi connectivity index (χ0v) is 20.9. The van der Waals surface area contributed by atoms with Crippen molar-refractivity contribution in [2.24, 2.45) is 5.41 Å². The normalized spacial score (nSPS) is 18.1. The van der Waals surface area contributed by atoms with E-state index in [1.54, 1.807) is 0 Å². The van der Waals surface area contributed by atoms with Crippen LogP contribution in [0.2, 0.25) is 0 Å². The average molecular weight is 483 g/mol. The van der Waals surface area contributed by atoms with E-state index < -0.39 is 0 Å². The van der Waals surface area contributed by atoms with Crippen molar-refractivity contribution in [3.05, 3.63) is 54.4 Å². The third-order valence-corrected chi connectivity index (χ3v) is 7.38. The van der Waals surface area contributed by atoms with Crippen LogP contribution in [0.3, 0.4) is 0 Å². The Morgan fingerprint density at radius 2 is 1.71 bits per heavy atom. The minimum absolute atomic E-state index is 0.0667. The molecule has 0 aliphatic carbocycles. The number of benzene rings is 1. The number of hydrogen-bond donors (Lipinski definition) is 1. The van der Waals surface area contributed by atoms with E-state index in [0.717, 1.165) is 56.7 Å². The number of carbonyl (C=O) groups excluding carboxylic acids is 2. The number of para-hydroxylation sites is 1. The van der Waals surface area contributed by atoms with Crippen LogP contribution in [0, 0.1) is 5.41 Å². The topological polar surface area (TPSA) is 66.8 Å². The maximum Gasteiger partial charge on any atom is 0.307 e. The Morgan fingerprint density at radius 1 is 1.06 bits per heavy atom. The van der Waals surface area contributed by atoms with Crippen LogP contribution in [-0.2, 0) is 9.53 Å². The number of hydrogen-bond acceptors (Lipinski definition) is 4. The van der Waals surface area contributed by atoms with Crippen molar-refractivity contribution in [2.75, 3.05) is 32.8 Å². The quantitative estimate of drug-likeness (QED) is 0.501. The zero-order chi connectivity index (χ0) is 24.1. The summed E-state index contributed by atoms with van der Waals surface area (Å²) in [6, 6.07) is 11.7. The molecule has 2 aromatic rings. The maximum absolute atomic E-state index is 13.4. The molecule has 3 heterocycles. The molecule has 4 rings (SSSR count). The predicted octanol–water partition coefficient (Wildman–Crippen LogP) is 3.62. The van der Waals surface area contributed by atoms with Crippen molar-refractivity contribution in [2.45, 2.75) is 45.6 Å². The van der Waals surface area contributed by atoms with Crippen molar-refractivity contribution in [1.29, 1.82) is 0 Å². The molecular weight excluding hydrogens is 448 g/mol. The summed E-state index contributed by atoms with van der Waals surface area (Å²) in [5.41, 5.74) is 1.84. The summed E-state index contributed by atoms with van der Waals surface area (Å²) in [7, 11) is 0. The molecule has 2 fully saturated rings. The fourth-order valence-corrected chi connectivity index (χ4v) is 5.43. The second-order valence-corrected chi connectivity index (χ2v) is 9.82. The second-order valence-electron chi connectivity index (χ2n) is 9.43. The molecule has 2 aliphatic heterocycles. The highest BCUT2D eigenvalue weighted by Gasteiger charge is 2.42. The number of ether oxygens (including phenoxy) is 1. The smallest absolute Gasteiger partial charge is 0.307 e. The van der Waals surface area contributed by atoms with E-state index in [1.165, 1.54) is 0 Å². The number of thiocarbonyl (C=S) groups is 1. The van der Waals surface area contributed by atoms with Gasteiger partial charge in [-0.2, -0.15) is 0 Å². The van der Waals surface area contributed by atoms with Gasteiger partial charge in [-0.3, -0.25) is 9.59 Å². The summed E-state index contributed by atoms with van der Waals surface area (Å²) in [5, 5.41) is 3.99. The number of carbonyl (C=O) groups is 2. The number of likely N-dealkylation sites (tertiary alicyclic amines) is 2. The Hall–Kier alpha value is -2.87. The van der Waals surface area contributed by atoms with E-state index >= 15 is 0 Å². The Bertz CT molecular complexity index is 1010. The molecule has 1 atom stereocenters. The Labute approximate surface area is 207 Å². The van der Waals surface area contributed by atoms with Gasteiger partial charge in [0.1, 0.15) is 0 Å². The number of rotatable bonds is 6. The highest BCUT2D eigenvalue weighted by molar-refractivity contribution is 7.80. The van der Waals surface area contributed by atoms with Crippen molar-refractivity contribution < 1.29 is 14.3 Å². The van der Waals surface area contributed by atoms with E-state index in [1.807, 2.05) is 72.1 Å². The molecule has 0 radical (unpaired) electrons. The largest absolute Gasteiger partial charge is 0.466 e. The first-order chi connectivity index (χ1) is 16.4. The van der Waals surface area contributed by atoms with Gasteiger partial charge < -0.3 is 24.4 Å². The predicted molar refractivity (Wildman–Crippen MR) is 136 cm³/mol. The molecular formula is C26H34N4O3S. The number of esters is 1. The van der Waals surface area contributed by atoms with E-state index in [0.29, 0.717) is 18.1 Å². The van der Waals surface area contributed by atoms with Crippen LogP contribution in [0.1, 0.15) is 49.9 Å². The Morgan fingerprint density at radius 3 is 2.38 bits per heavy atom. The summed E-state index contributed by atoms with van der Waals surface area (Å²) < 4.78 is 7.02. The highest BCUT2D eigenvalue weighted by atomic mass is 32.1. The molecule has 1 aromatic heterocycles. The Balaban J connectivity index is 1.32. The molecule has 1 amide bonds. The second kappa shape index (κ2) is 10.6. The van der Waals surface area contributed by atoms with E-state index in [-0.39, 0.29) is 23.3 Å². The fraction of sp³-hybridized carbons (Fsp3) is 0.500. The molecule has 1 aromatic carbocycles. The van der Waals surface area contributed by atoms with E-state index in [4.69, 9.17) is 17.0 Å². The minimum atomic E-state index is -0.210. The first-order valence-electron chi connectivity index (χ1n) is 12.1. The van der Waals surface area contributed by atoms with Gasteiger partial charge in [-0.05, 0) is 75.0 Å². The van der Waals surface area contributed by atoms with Gasteiger partial charge in [0.15, 0.2) is 5.11 Å². The molecule has 1 unspecified atom stereocenters. The van der Waals surface area contributed by atoms with Crippen LogP contribution >= 0.6 is 12.2 Å². The molecule has 0 saturated carbocycles. The number of nitrogens with one attached hydrogen (secondary N) is 1. The first kappa shape index (κ1) is 24.3. The van der Waals surface area contributed by atoms with Gasteiger partial charge in [-0.15, -0.1) is 0 Å². The third kappa shape index (κ3) is 5.43. The number of nitrogens with zero attached hydrogens (tertiary/aromatic N) is 3. The van der Waals surface area contributed by atoms with E-state index in [9.17, 15) is 9.59 Å². The summed E-state index contributed by atoms with van der Waals surface area (Å²) >= 11 is 5.64. The van der Waals surface area contributed by atoms with Crippen molar-refractivity contribution in [3.63, 3.8) is 0 Å². The molecule has 2 saturated heterocycles. The van der Waals surface area contributed by atoms with Gasteiger partial charge in [0.2, 0.25) is 0 Å².